The third-order valence-electron chi connectivity index (χ3n) is 4.09. The predicted molar refractivity (Wildman–Crippen MR) is 101 cm³/mol. The number of aromatic nitrogens is 1. The molecule has 152 valence electrons. The van der Waals surface area contributed by atoms with Crippen molar-refractivity contribution < 1.29 is 22.4 Å². The molecule has 2 heterocycles. The lowest BCUT2D eigenvalue weighted by Crippen LogP contribution is -2.28. The number of nitrogens with two attached hydrogens (primary N) is 1. The number of rotatable bonds is 3. The number of allylic oxidation sites excluding steroid dienone is 1. The average molecular weight is 428 g/mol. The largest absolute Gasteiger partial charge is 0.420 e. The van der Waals surface area contributed by atoms with Crippen molar-refractivity contribution in [2.75, 3.05) is 11.1 Å². The minimum absolute atomic E-state index is 0.102. The second-order valence-corrected chi connectivity index (χ2v) is 6.55. The lowest BCUT2D eigenvalue weighted by Gasteiger charge is -2.23. The highest BCUT2D eigenvalue weighted by Gasteiger charge is 2.34. The topological polar surface area (TPSA) is 92.4 Å². The zero-order valence-corrected chi connectivity index (χ0v) is 15.6. The SMILES string of the molecule is CC1=C(C(=O)Nc2cnc(N)c(C(F)(F)F)c2)C=NC(c2ccc(F)cc2Cl)N1. The van der Waals surface area contributed by atoms with Crippen molar-refractivity contribution in [1.82, 2.24) is 10.3 Å². The van der Waals surface area contributed by atoms with E-state index >= 15 is 0 Å². The summed E-state index contributed by atoms with van der Waals surface area (Å²) in [5.41, 5.74) is 4.93. The van der Waals surface area contributed by atoms with E-state index in [1.807, 2.05) is 0 Å². The van der Waals surface area contributed by atoms with Crippen molar-refractivity contribution in [1.29, 1.82) is 0 Å². The number of alkyl halides is 3. The van der Waals surface area contributed by atoms with Gasteiger partial charge in [0.15, 0.2) is 0 Å². The number of halogens is 5. The van der Waals surface area contributed by atoms with Crippen LogP contribution in [0.15, 0.2) is 46.7 Å². The number of nitrogen functional groups attached to an aromatic ring is 1. The first-order valence-electron chi connectivity index (χ1n) is 8.16. The van der Waals surface area contributed by atoms with E-state index < -0.39 is 35.4 Å². The Morgan fingerprint density at radius 1 is 1.31 bits per heavy atom. The van der Waals surface area contributed by atoms with Crippen LogP contribution in [-0.2, 0) is 11.0 Å². The molecule has 1 atom stereocenters. The Bertz CT molecular complexity index is 1040. The Morgan fingerprint density at radius 3 is 2.66 bits per heavy atom. The van der Waals surface area contributed by atoms with Gasteiger partial charge in [0.05, 0.1) is 28.0 Å². The third kappa shape index (κ3) is 4.48. The molecule has 0 bridgehead atoms. The van der Waals surface area contributed by atoms with Crippen LogP contribution < -0.4 is 16.4 Å². The normalized spacial score (nSPS) is 16.6. The van der Waals surface area contributed by atoms with Crippen molar-refractivity contribution in [3.63, 3.8) is 0 Å². The van der Waals surface area contributed by atoms with Crippen molar-refractivity contribution in [2.24, 2.45) is 4.99 Å². The highest BCUT2D eigenvalue weighted by atomic mass is 35.5. The van der Waals surface area contributed by atoms with Gasteiger partial charge in [-0.25, -0.2) is 9.37 Å². The average Bonchev–Trinajstić information content (AvgIpc) is 2.62. The summed E-state index contributed by atoms with van der Waals surface area (Å²) >= 11 is 6.02. The highest BCUT2D eigenvalue weighted by molar-refractivity contribution is 6.31. The fourth-order valence-corrected chi connectivity index (χ4v) is 2.92. The standard InChI is InChI=1S/C18H14ClF4N5O/c1-8-12(7-26-16(27-8)11-3-2-9(20)4-14(11)19)17(29)28-10-5-13(18(21,22)23)15(24)25-6-10/h2-7,16,27H,1H3,(H2,24,25)(H,28,29). The number of nitrogens with one attached hydrogen (secondary N) is 2. The number of hydrogen-bond donors (Lipinski definition) is 3. The van der Waals surface area contributed by atoms with Crippen molar-refractivity contribution in [3.05, 3.63) is 63.7 Å². The van der Waals surface area contributed by atoms with Crippen LogP contribution in [0.2, 0.25) is 5.02 Å². The minimum Gasteiger partial charge on any atom is -0.383 e. The fourth-order valence-electron chi connectivity index (χ4n) is 2.65. The second-order valence-electron chi connectivity index (χ2n) is 6.14. The number of amides is 1. The molecule has 1 amide bonds. The number of benzene rings is 1. The first-order chi connectivity index (χ1) is 13.6. The third-order valence-corrected chi connectivity index (χ3v) is 4.42. The Kier molecular flexibility index (Phi) is 5.47. The predicted octanol–water partition coefficient (Wildman–Crippen LogP) is 4.06. The molecular formula is C18H14ClF4N5O. The zero-order chi connectivity index (χ0) is 21.3. The molecule has 29 heavy (non-hydrogen) atoms. The van der Waals surface area contributed by atoms with Gasteiger partial charge in [-0.15, -0.1) is 0 Å². The number of nitrogens with zero attached hydrogens (tertiary/aromatic N) is 2. The minimum atomic E-state index is -4.71. The smallest absolute Gasteiger partial charge is 0.383 e. The second kappa shape index (κ2) is 7.70. The summed E-state index contributed by atoms with van der Waals surface area (Å²) < 4.78 is 52.0. The summed E-state index contributed by atoms with van der Waals surface area (Å²) in [5, 5.41) is 5.45. The van der Waals surface area contributed by atoms with Crippen LogP contribution in [0.3, 0.4) is 0 Å². The summed E-state index contributed by atoms with van der Waals surface area (Å²) in [6.45, 7) is 1.59. The van der Waals surface area contributed by atoms with E-state index in [0.29, 0.717) is 17.3 Å². The Labute approximate surface area is 167 Å². The van der Waals surface area contributed by atoms with Crippen LogP contribution in [0.1, 0.15) is 24.2 Å². The number of hydrogen-bond acceptors (Lipinski definition) is 5. The Balaban J connectivity index is 1.78. The molecule has 3 rings (SSSR count). The van der Waals surface area contributed by atoms with Gasteiger partial charge in [-0.05, 0) is 25.1 Å². The van der Waals surface area contributed by atoms with Crippen molar-refractivity contribution >= 4 is 35.2 Å². The maximum Gasteiger partial charge on any atom is 0.420 e. The van der Waals surface area contributed by atoms with Crippen LogP contribution in [0.4, 0.5) is 29.1 Å². The maximum absolute atomic E-state index is 13.2. The van der Waals surface area contributed by atoms with E-state index in [2.05, 4.69) is 20.6 Å². The van der Waals surface area contributed by atoms with Crippen LogP contribution in [0.5, 0.6) is 0 Å². The van der Waals surface area contributed by atoms with Crippen molar-refractivity contribution in [2.45, 2.75) is 19.3 Å². The summed E-state index contributed by atoms with van der Waals surface area (Å²) in [5.74, 6) is -1.88. The number of aliphatic imine (C=N–C) groups is 1. The van der Waals surface area contributed by atoms with Gasteiger partial charge >= 0.3 is 6.18 Å². The van der Waals surface area contributed by atoms with Gasteiger partial charge in [0.25, 0.3) is 5.91 Å². The maximum atomic E-state index is 13.2. The van der Waals surface area contributed by atoms with Gasteiger partial charge in [0, 0.05) is 17.5 Å². The Hall–Kier alpha value is -3.14. The van der Waals surface area contributed by atoms with Gasteiger partial charge in [-0.2, -0.15) is 13.2 Å². The molecule has 0 saturated heterocycles. The quantitative estimate of drug-likeness (QED) is 0.644. The van der Waals surface area contributed by atoms with Crippen LogP contribution in [0.25, 0.3) is 0 Å². The molecule has 4 N–H and O–H groups in total. The van der Waals surface area contributed by atoms with Gasteiger partial charge < -0.3 is 16.4 Å². The van der Waals surface area contributed by atoms with E-state index in [9.17, 15) is 22.4 Å². The molecule has 0 spiro atoms. The van der Waals surface area contributed by atoms with E-state index in [-0.39, 0.29) is 16.3 Å². The summed E-state index contributed by atoms with van der Waals surface area (Å²) in [6.07, 6.45) is -3.06. The van der Waals surface area contributed by atoms with Crippen LogP contribution in [0, 0.1) is 5.82 Å². The molecule has 6 nitrogen and oxygen atoms in total. The number of anilines is 2. The fraction of sp³-hybridized carbons (Fsp3) is 0.167. The van der Waals surface area contributed by atoms with Gasteiger partial charge in [-0.1, -0.05) is 17.7 Å². The Morgan fingerprint density at radius 2 is 2.03 bits per heavy atom. The summed E-state index contributed by atoms with van der Waals surface area (Å²) in [7, 11) is 0. The first kappa shape index (κ1) is 20.6. The van der Waals surface area contributed by atoms with E-state index in [1.54, 1.807) is 6.92 Å². The van der Waals surface area contributed by atoms with E-state index in [0.717, 1.165) is 12.3 Å². The number of carbonyl (C=O) groups is 1. The zero-order valence-electron chi connectivity index (χ0n) is 14.8. The molecule has 11 heteroatoms. The molecule has 1 aliphatic heterocycles. The molecule has 0 aliphatic carbocycles. The summed E-state index contributed by atoms with van der Waals surface area (Å²) in [4.78, 5) is 20.1. The monoisotopic (exact) mass is 427 g/mol. The highest BCUT2D eigenvalue weighted by Crippen LogP contribution is 2.34. The van der Waals surface area contributed by atoms with Crippen molar-refractivity contribution in [3.8, 4) is 0 Å². The molecule has 1 aromatic carbocycles. The van der Waals surface area contributed by atoms with Gasteiger partial charge in [-0.3, -0.25) is 9.79 Å². The van der Waals surface area contributed by atoms with Crippen LogP contribution in [-0.4, -0.2) is 17.1 Å². The number of carbonyl (C=O) groups excluding carboxylic acids is 1. The molecule has 0 saturated carbocycles. The summed E-state index contributed by atoms with van der Waals surface area (Å²) in [6, 6.07) is 4.53. The molecule has 0 radical (unpaired) electrons. The van der Waals surface area contributed by atoms with Gasteiger partial charge in [0.1, 0.15) is 17.8 Å². The van der Waals surface area contributed by atoms with Crippen LogP contribution >= 0.6 is 11.6 Å². The van der Waals surface area contributed by atoms with E-state index in [4.69, 9.17) is 17.3 Å². The molecule has 2 aromatic rings. The lowest BCUT2D eigenvalue weighted by atomic mass is 10.1. The molecule has 1 unspecified atom stereocenters. The molecule has 0 fully saturated rings. The van der Waals surface area contributed by atoms with Gasteiger partial charge in [0.2, 0.25) is 0 Å². The molecule has 1 aliphatic rings. The number of pyridine rings is 1. The lowest BCUT2D eigenvalue weighted by molar-refractivity contribution is -0.137. The first-order valence-corrected chi connectivity index (χ1v) is 8.53. The molecule has 1 aromatic heterocycles. The van der Waals surface area contributed by atoms with E-state index in [1.165, 1.54) is 18.3 Å². The molecular weight excluding hydrogens is 414 g/mol.